The average molecular weight is 225 g/mol. The molecule has 1 rings (SSSR count). The highest BCUT2D eigenvalue weighted by molar-refractivity contribution is 8.04. The van der Waals surface area contributed by atoms with Crippen LogP contribution in [-0.4, -0.2) is 19.7 Å². The van der Waals surface area contributed by atoms with E-state index in [1.54, 1.807) is 0 Å². The van der Waals surface area contributed by atoms with Gasteiger partial charge in [0.1, 0.15) is 5.55 Å². The molecule has 1 atom stereocenters. The van der Waals surface area contributed by atoms with E-state index in [4.69, 9.17) is 5.41 Å². The predicted octanol–water partition coefficient (Wildman–Crippen LogP) is 1.89. The number of hydrogen-bond donors (Lipinski definition) is 1. The van der Waals surface area contributed by atoms with E-state index < -0.39 is 9.84 Å². The summed E-state index contributed by atoms with van der Waals surface area (Å²) < 4.78 is 22.3. The van der Waals surface area contributed by atoms with Crippen LogP contribution >= 0.6 is 0 Å². The van der Waals surface area contributed by atoms with Crippen molar-refractivity contribution in [2.75, 3.05) is 5.75 Å². The molecule has 1 aromatic rings. The largest absolute Gasteiger partial charge is 0.297 e. The smallest absolute Gasteiger partial charge is 0.188 e. The minimum atomic E-state index is -3.30. The molecule has 1 aromatic carbocycles. The molecule has 0 aliphatic rings. The van der Waals surface area contributed by atoms with E-state index in [0.717, 1.165) is 12.0 Å². The highest BCUT2D eigenvalue weighted by Crippen LogP contribution is 2.09. The van der Waals surface area contributed by atoms with Crippen LogP contribution in [0.3, 0.4) is 0 Å². The zero-order chi connectivity index (χ0) is 11.3. The van der Waals surface area contributed by atoms with Crippen LogP contribution in [0.4, 0.5) is 0 Å². The van der Waals surface area contributed by atoms with E-state index in [-0.39, 0.29) is 11.7 Å². The molecule has 0 radical (unpaired) electrons. The maximum Gasteiger partial charge on any atom is 0.188 e. The molecule has 3 nitrogen and oxygen atoms in total. The van der Waals surface area contributed by atoms with Crippen LogP contribution in [0.1, 0.15) is 12.5 Å². The fourth-order valence-corrected chi connectivity index (χ4v) is 2.53. The highest BCUT2D eigenvalue weighted by atomic mass is 32.2. The Labute approximate surface area is 90.6 Å². The van der Waals surface area contributed by atoms with Gasteiger partial charge in [-0.1, -0.05) is 37.3 Å². The Balaban J connectivity index is 2.58. The molecule has 0 bridgehead atoms. The number of benzene rings is 1. The van der Waals surface area contributed by atoms with Gasteiger partial charge in [0.25, 0.3) is 0 Å². The van der Waals surface area contributed by atoms with Gasteiger partial charge in [0.05, 0.1) is 5.75 Å². The first-order valence-corrected chi connectivity index (χ1v) is 6.52. The molecule has 0 heterocycles. The summed E-state index contributed by atoms with van der Waals surface area (Å²) in [6, 6.07) is 9.77. The zero-order valence-corrected chi connectivity index (χ0v) is 9.50. The van der Waals surface area contributed by atoms with E-state index >= 15 is 0 Å². The van der Waals surface area contributed by atoms with Gasteiger partial charge in [0.2, 0.25) is 0 Å². The molecule has 0 spiro atoms. The lowest BCUT2D eigenvalue weighted by Crippen LogP contribution is -2.16. The second kappa shape index (κ2) is 5.07. The fourth-order valence-electron chi connectivity index (χ4n) is 1.52. The number of rotatable bonds is 5. The van der Waals surface area contributed by atoms with Crippen molar-refractivity contribution in [3.05, 3.63) is 35.9 Å². The van der Waals surface area contributed by atoms with Gasteiger partial charge in [0.15, 0.2) is 9.84 Å². The number of sulfone groups is 1. The molecule has 0 aromatic heterocycles. The van der Waals surface area contributed by atoms with Crippen LogP contribution in [0.5, 0.6) is 0 Å². The van der Waals surface area contributed by atoms with Gasteiger partial charge in [-0.2, -0.15) is 0 Å². The summed E-state index contributed by atoms with van der Waals surface area (Å²) in [5.74, 6) is 0.0878. The van der Waals surface area contributed by atoms with Crippen LogP contribution in [0.15, 0.2) is 30.3 Å². The number of nitrogens with one attached hydrogen (secondary N) is 1. The highest BCUT2D eigenvalue weighted by Gasteiger charge is 2.13. The summed E-state index contributed by atoms with van der Waals surface area (Å²) >= 11 is 0. The van der Waals surface area contributed by atoms with E-state index in [0.29, 0.717) is 5.55 Å². The Morgan fingerprint density at radius 3 is 2.47 bits per heavy atom. The molecule has 1 N–H and O–H groups in total. The molecule has 0 saturated carbocycles. The Kier molecular flexibility index (Phi) is 4.03. The predicted molar refractivity (Wildman–Crippen MR) is 61.9 cm³/mol. The first kappa shape index (κ1) is 11.9. The van der Waals surface area contributed by atoms with E-state index in [2.05, 4.69) is 0 Å². The van der Waals surface area contributed by atoms with E-state index in [1.807, 2.05) is 37.3 Å². The maximum absolute atomic E-state index is 11.2. The van der Waals surface area contributed by atoms with Crippen molar-refractivity contribution in [3.63, 3.8) is 0 Å². The molecule has 0 aliphatic carbocycles. The third-order valence-electron chi connectivity index (χ3n) is 2.12. The van der Waals surface area contributed by atoms with Crippen LogP contribution in [-0.2, 0) is 16.3 Å². The van der Waals surface area contributed by atoms with Crippen molar-refractivity contribution in [1.82, 2.24) is 0 Å². The van der Waals surface area contributed by atoms with Crippen molar-refractivity contribution in [2.24, 2.45) is 5.92 Å². The Bertz CT molecular complexity index is 411. The molecule has 0 aliphatic heterocycles. The quantitative estimate of drug-likeness (QED) is 0.614. The molecule has 0 amide bonds. The summed E-state index contributed by atoms with van der Waals surface area (Å²) in [4.78, 5) is 0. The molecule has 15 heavy (non-hydrogen) atoms. The van der Waals surface area contributed by atoms with Crippen molar-refractivity contribution in [3.8, 4) is 0 Å². The average Bonchev–Trinajstić information content (AvgIpc) is 2.18. The summed E-state index contributed by atoms with van der Waals surface area (Å²) in [6.45, 7) is 1.88. The summed E-state index contributed by atoms with van der Waals surface area (Å²) in [5, 5.41) is 6.77. The van der Waals surface area contributed by atoms with Crippen LogP contribution in [0.25, 0.3) is 0 Å². The third-order valence-corrected chi connectivity index (χ3v) is 3.52. The van der Waals surface area contributed by atoms with Crippen molar-refractivity contribution in [1.29, 1.82) is 5.41 Å². The van der Waals surface area contributed by atoms with Gasteiger partial charge in [-0.25, -0.2) is 8.42 Å². The SMILES string of the molecule is C[C@@H](Cc1ccccc1)CS(=O)(=O)C=N. The minimum Gasteiger partial charge on any atom is -0.297 e. The molecule has 0 unspecified atom stereocenters. The van der Waals surface area contributed by atoms with Crippen molar-refractivity contribution < 1.29 is 8.42 Å². The Hall–Kier alpha value is -1.16. The van der Waals surface area contributed by atoms with Crippen molar-refractivity contribution >= 4 is 15.4 Å². The molecule has 0 saturated heterocycles. The number of hydrogen-bond acceptors (Lipinski definition) is 3. The molecule has 0 fully saturated rings. The standard InChI is InChI=1S/C11H15NO2S/c1-10(8-15(13,14)9-12)7-11-5-3-2-4-6-11/h2-6,9-10,12H,7-8H2,1H3/t10-/m0/s1. The summed E-state index contributed by atoms with van der Waals surface area (Å²) in [5.41, 5.74) is 1.67. The maximum atomic E-state index is 11.2. The van der Waals surface area contributed by atoms with Crippen molar-refractivity contribution in [2.45, 2.75) is 13.3 Å². The lowest BCUT2D eigenvalue weighted by molar-refractivity contribution is 0.581. The van der Waals surface area contributed by atoms with Gasteiger partial charge in [-0.15, -0.1) is 0 Å². The third kappa shape index (κ3) is 4.25. The van der Waals surface area contributed by atoms with Gasteiger partial charge in [0, 0.05) is 0 Å². The monoisotopic (exact) mass is 225 g/mol. The van der Waals surface area contributed by atoms with E-state index in [9.17, 15) is 8.42 Å². The topological polar surface area (TPSA) is 58.0 Å². The lowest BCUT2D eigenvalue weighted by Gasteiger charge is -2.09. The summed E-state index contributed by atoms with van der Waals surface area (Å²) in [6.07, 6.45) is 0.730. The first-order chi connectivity index (χ1) is 7.03. The van der Waals surface area contributed by atoms with Crippen LogP contribution in [0.2, 0.25) is 0 Å². The van der Waals surface area contributed by atoms with Gasteiger partial charge < -0.3 is 0 Å². The first-order valence-electron chi connectivity index (χ1n) is 4.80. The van der Waals surface area contributed by atoms with Gasteiger partial charge >= 0.3 is 0 Å². The van der Waals surface area contributed by atoms with E-state index in [1.165, 1.54) is 0 Å². The van der Waals surface area contributed by atoms with Crippen LogP contribution in [0, 0.1) is 11.3 Å². The molecular weight excluding hydrogens is 210 g/mol. The fraction of sp³-hybridized carbons (Fsp3) is 0.364. The van der Waals surface area contributed by atoms with Gasteiger partial charge in [-0.3, -0.25) is 5.41 Å². The zero-order valence-electron chi connectivity index (χ0n) is 8.68. The molecular formula is C11H15NO2S. The lowest BCUT2D eigenvalue weighted by atomic mass is 10.0. The van der Waals surface area contributed by atoms with Crippen LogP contribution < -0.4 is 0 Å². The Morgan fingerprint density at radius 2 is 1.93 bits per heavy atom. The second-order valence-corrected chi connectivity index (χ2v) is 5.64. The Morgan fingerprint density at radius 1 is 1.33 bits per heavy atom. The molecule has 4 heteroatoms. The summed E-state index contributed by atoms with van der Waals surface area (Å²) in [7, 11) is -3.30. The minimum absolute atomic E-state index is 0.0407. The van der Waals surface area contributed by atoms with Gasteiger partial charge in [-0.05, 0) is 17.9 Å². The second-order valence-electron chi connectivity index (χ2n) is 3.74. The molecule has 82 valence electrons. The normalized spacial score (nSPS) is 13.4.